The van der Waals surface area contributed by atoms with Crippen molar-refractivity contribution in [2.45, 2.75) is 56.7 Å². The summed E-state index contributed by atoms with van der Waals surface area (Å²) >= 11 is 0. The van der Waals surface area contributed by atoms with Crippen LogP contribution in [0.15, 0.2) is 0 Å². The molecule has 1 heterocycles. The summed E-state index contributed by atoms with van der Waals surface area (Å²) in [5.74, 6) is 0.912. The molecule has 1 saturated heterocycles. The average molecular weight is 229 g/mol. The number of fused-ring (bicyclic) bond motifs is 1. The Hall–Kier alpha value is 0.110. The third-order valence-corrected chi connectivity index (χ3v) is 5.77. The van der Waals surface area contributed by atoms with Gasteiger partial charge in [-0.1, -0.05) is 32.6 Å². The van der Waals surface area contributed by atoms with Crippen LogP contribution in [0.1, 0.15) is 45.4 Å². The second-order valence-electron chi connectivity index (χ2n) is 4.81. The van der Waals surface area contributed by atoms with E-state index in [0.717, 1.165) is 18.8 Å². The Bertz CT molecular complexity index is 232. The third-order valence-electron chi connectivity index (χ3n) is 3.96. The van der Waals surface area contributed by atoms with Crippen LogP contribution in [0, 0.1) is 0 Å². The molecule has 0 spiro atoms. The number of hydrogen-bond acceptors (Lipinski definition) is 2. The molecule has 1 saturated carbocycles. The Labute approximate surface area is 95.9 Å². The summed E-state index contributed by atoms with van der Waals surface area (Å²) in [6.07, 6.45) is 7.86. The Morgan fingerprint density at radius 1 is 1.20 bits per heavy atom. The van der Waals surface area contributed by atoms with Crippen LogP contribution in [-0.4, -0.2) is 39.2 Å². The van der Waals surface area contributed by atoms with Crippen molar-refractivity contribution in [1.29, 1.82) is 0 Å². The largest absolute Gasteiger partial charge is 0.299 e. The van der Waals surface area contributed by atoms with Gasteiger partial charge in [0.05, 0.1) is 5.25 Å². The van der Waals surface area contributed by atoms with E-state index in [9.17, 15) is 4.21 Å². The van der Waals surface area contributed by atoms with Crippen LogP contribution in [0.25, 0.3) is 0 Å². The quantitative estimate of drug-likeness (QED) is 0.687. The molecule has 3 atom stereocenters. The van der Waals surface area contributed by atoms with Gasteiger partial charge in [-0.05, 0) is 19.4 Å². The Kier molecular flexibility index (Phi) is 4.21. The van der Waals surface area contributed by atoms with Crippen molar-refractivity contribution in [3.63, 3.8) is 0 Å². The summed E-state index contributed by atoms with van der Waals surface area (Å²) < 4.78 is 12.0. The Morgan fingerprint density at radius 3 is 2.67 bits per heavy atom. The molecule has 2 fully saturated rings. The maximum atomic E-state index is 12.0. The number of hydrogen-bond donors (Lipinski definition) is 0. The Morgan fingerprint density at radius 2 is 1.93 bits per heavy atom. The van der Waals surface area contributed by atoms with Gasteiger partial charge >= 0.3 is 0 Å². The van der Waals surface area contributed by atoms with Crippen LogP contribution < -0.4 is 0 Å². The van der Waals surface area contributed by atoms with Gasteiger partial charge in [0.1, 0.15) is 0 Å². The van der Waals surface area contributed by atoms with E-state index >= 15 is 0 Å². The zero-order valence-electron chi connectivity index (χ0n) is 9.78. The minimum absolute atomic E-state index is 0.485. The van der Waals surface area contributed by atoms with Crippen molar-refractivity contribution in [1.82, 2.24) is 4.90 Å². The van der Waals surface area contributed by atoms with Gasteiger partial charge < -0.3 is 0 Å². The molecule has 2 aliphatic rings. The lowest BCUT2D eigenvalue weighted by molar-refractivity contribution is 0.178. The second kappa shape index (κ2) is 5.44. The molecule has 15 heavy (non-hydrogen) atoms. The normalized spacial score (nSPS) is 39.1. The van der Waals surface area contributed by atoms with Gasteiger partial charge in [0.15, 0.2) is 0 Å². The molecule has 0 bridgehead atoms. The molecule has 0 aromatic rings. The molecule has 0 radical (unpaired) electrons. The molecular formula is C12H23NOS. The van der Waals surface area contributed by atoms with E-state index in [2.05, 4.69) is 11.8 Å². The highest BCUT2D eigenvalue weighted by atomic mass is 32.2. The molecule has 0 amide bonds. The minimum Gasteiger partial charge on any atom is -0.299 e. The first-order valence-electron chi connectivity index (χ1n) is 6.44. The highest BCUT2D eigenvalue weighted by Crippen LogP contribution is 2.28. The van der Waals surface area contributed by atoms with E-state index in [1.807, 2.05) is 0 Å². The van der Waals surface area contributed by atoms with E-state index in [1.54, 1.807) is 0 Å². The first kappa shape index (κ1) is 11.6. The van der Waals surface area contributed by atoms with E-state index in [-0.39, 0.29) is 0 Å². The molecule has 3 unspecified atom stereocenters. The van der Waals surface area contributed by atoms with Crippen LogP contribution in [0.3, 0.4) is 0 Å². The summed E-state index contributed by atoms with van der Waals surface area (Å²) in [6, 6.07) is 0.630. The van der Waals surface area contributed by atoms with Crippen LogP contribution in [0.5, 0.6) is 0 Å². The van der Waals surface area contributed by atoms with Gasteiger partial charge in [-0.3, -0.25) is 9.11 Å². The monoisotopic (exact) mass is 229 g/mol. The maximum absolute atomic E-state index is 12.0. The van der Waals surface area contributed by atoms with Gasteiger partial charge in [0.25, 0.3) is 0 Å². The molecule has 3 heteroatoms. The molecule has 1 aliphatic carbocycles. The summed E-state index contributed by atoms with van der Waals surface area (Å²) in [5, 5.41) is 0.485. The van der Waals surface area contributed by atoms with E-state index in [1.165, 1.54) is 38.5 Å². The fraction of sp³-hybridized carbons (Fsp3) is 1.00. The number of nitrogens with zero attached hydrogens (tertiary/aromatic N) is 1. The number of rotatable bonds is 1. The molecule has 88 valence electrons. The second-order valence-corrected chi connectivity index (χ2v) is 6.59. The first-order valence-corrected chi connectivity index (χ1v) is 7.82. The molecular weight excluding hydrogens is 206 g/mol. The molecule has 1 aliphatic heterocycles. The average Bonchev–Trinajstić information content (AvgIpc) is 2.20. The molecule has 2 rings (SSSR count). The van der Waals surface area contributed by atoms with E-state index in [0.29, 0.717) is 11.3 Å². The van der Waals surface area contributed by atoms with Crippen molar-refractivity contribution >= 4 is 10.8 Å². The van der Waals surface area contributed by atoms with Crippen molar-refractivity contribution in [3.8, 4) is 0 Å². The fourth-order valence-electron chi connectivity index (χ4n) is 3.07. The van der Waals surface area contributed by atoms with E-state index in [4.69, 9.17) is 0 Å². The predicted octanol–water partition coefficient (Wildman–Crippen LogP) is 2.16. The van der Waals surface area contributed by atoms with Crippen LogP contribution in [-0.2, 0) is 10.8 Å². The Balaban J connectivity index is 2.08. The highest BCUT2D eigenvalue weighted by molar-refractivity contribution is 7.85. The SMILES string of the molecule is CCN1CCS(=O)C2CCCCCCC21. The molecule has 0 N–H and O–H groups in total. The van der Waals surface area contributed by atoms with Crippen LogP contribution in [0.4, 0.5) is 0 Å². The summed E-state index contributed by atoms with van der Waals surface area (Å²) in [4.78, 5) is 2.57. The third kappa shape index (κ3) is 2.62. The molecule has 2 nitrogen and oxygen atoms in total. The lowest BCUT2D eigenvalue weighted by Gasteiger charge is -2.41. The summed E-state index contributed by atoms with van der Waals surface area (Å²) in [7, 11) is -0.540. The summed E-state index contributed by atoms with van der Waals surface area (Å²) in [5.41, 5.74) is 0. The lowest BCUT2D eigenvalue weighted by Crippen LogP contribution is -2.52. The fourth-order valence-corrected chi connectivity index (χ4v) is 4.88. The van der Waals surface area contributed by atoms with Crippen molar-refractivity contribution < 1.29 is 4.21 Å². The van der Waals surface area contributed by atoms with Gasteiger partial charge in [-0.25, -0.2) is 0 Å². The molecule has 0 aromatic carbocycles. The van der Waals surface area contributed by atoms with Gasteiger partial charge in [0, 0.05) is 29.1 Å². The van der Waals surface area contributed by atoms with Crippen molar-refractivity contribution in [2.75, 3.05) is 18.8 Å². The van der Waals surface area contributed by atoms with Gasteiger partial charge in [-0.15, -0.1) is 0 Å². The molecule has 0 aromatic heterocycles. The van der Waals surface area contributed by atoms with Crippen LogP contribution in [0.2, 0.25) is 0 Å². The lowest BCUT2D eigenvalue weighted by atomic mass is 9.95. The maximum Gasteiger partial charge on any atom is 0.0503 e. The zero-order chi connectivity index (χ0) is 10.7. The topological polar surface area (TPSA) is 20.3 Å². The van der Waals surface area contributed by atoms with Gasteiger partial charge in [0.2, 0.25) is 0 Å². The predicted molar refractivity (Wildman–Crippen MR) is 65.5 cm³/mol. The smallest absolute Gasteiger partial charge is 0.0503 e. The zero-order valence-corrected chi connectivity index (χ0v) is 10.6. The van der Waals surface area contributed by atoms with E-state index < -0.39 is 10.8 Å². The van der Waals surface area contributed by atoms with Crippen LogP contribution >= 0.6 is 0 Å². The highest BCUT2D eigenvalue weighted by Gasteiger charge is 2.35. The standard InChI is InChI=1S/C12H23NOS/c1-2-13-9-10-15(14)12-8-6-4-3-5-7-11(12)13/h11-12H,2-10H2,1H3. The van der Waals surface area contributed by atoms with Gasteiger partial charge in [-0.2, -0.15) is 0 Å². The van der Waals surface area contributed by atoms with Crippen molar-refractivity contribution in [2.24, 2.45) is 0 Å². The summed E-state index contributed by atoms with van der Waals surface area (Å²) in [6.45, 7) is 4.44. The first-order chi connectivity index (χ1) is 7.33. The minimum atomic E-state index is -0.540. The van der Waals surface area contributed by atoms with Crippen molar-refractivity contribution in [3.05, 3.63) is 0 Å².